The number of hydrogen-bond acceptors (Lipinski definition) is 5. The van der Waals surface area contributed by atoms with Gasteiger partial charge in [0.25, 0.3) is 5.91 Å². The summed E-state index contributed by atoms with van der Waals surface area (Å²) in [5.41, 5.74) is 4.17. The predicted molar refractivity (Wildman–Crippen MR) is 124 cm³/mol. The Morgan fingerprint density at radius 2 is 1.94 bits per heavy atom. The first-order valence-electron chi connectivity index (χ1n) is 10.3. The minimum atomic E-state index is -0.425. The normalized spacial score (nSPS) is 17.5. The molecule has 2 aromatic carbocycles. The average Bonchev–Trinajstić information content (AvgIpc) is 3.55. The minimum Gasteiger partial charge on any atom is -0.506 e. The topological polar surface area (TPSA) is 91.7 Å². The molecule has 0 unspecified atom stereocenters. The Morgan fingerprint density at radius 1 is 1.19 bits per heavy atom. The summed E-state index contributed by atoms with van der Waals surface area (Å²) in [6.07, 6.45) is 3.52. The first-order chi connectivity index (χ1) is 15.5. The van der Waals surface area contributed by atoms with Crippen LogP contribution in [0.1, 0.15) is 29.5 Å². The lowest BCUT2D eigenvalue weighted by Crippen LogP contribution is -2.11. The Labute approximate surface area is 190 Å². The molecule has 2 aliphatic rings. The van der Waals surface area contributed by atoms with Crippen molar-refractivity contribution in [3.63, 3.8) is 0 Å². The van der Waals surface area contributed by atoms with Crippen LogP contribution in [0.2, 0.25) is 5.02 Å². The van der Waals surface area contributed by atoms with Gasteiger partial charge in [-0.05, 0) is 48.2 Å². The van der Waals surface area contributed by atoms with Gasteiger partial charge in [-0.15, -0.1) is 0 Å². The third kappa shape index (κ3) is 3.23. The number of pyridine rings is 1. The Bertz CT molecular complexity index is 1260. The summed E-state index contributed by atoms with van der Waals surface area (Å²) >= 11 is 6.55. The third-order valence-electron chi connectivity index (χ3n) is 6.27. The molecule has 2 heterocycles. The molecule has 3 N–H and O–H groups in total. The van der Waals surface area contributed by atoms with Crippen molar-refractivity contribution in [1.29, 1.82) is 0 Å². The number of hydrogen-bond donors (Lipinski definition) is 3. The van der Waals surface area contributed by atoms with E-state index < -0.39 is 5.91 Å². The highest BCUT2D eigenvalue weighted by molar-refractivity contribution is 6.38. The van der Waals surface area contributed by atoms with Crippen molar-refractivity contribution in [2.45, 2.75) is 18.3 Å². The van der Waals surface area contributed by atoms with E-state index >= 15 is 0 Å². The monoisotopic (exact) mass is 448 g/mol. The van der Waals surface area contributed by atoms with Crippen molar-refractivity contribution in [2.75, 3.05) is 19.0 Å². The number of nitrogens with zero attached hydrogens (tertiary/aromatic N) is 1. The van der Waals surface area contributed by atoms with Gasteiger partial charge in [0.15, 0.2) is 0 Å². The molecule has 1 aromatic heterocycles. The molecule has 0 atom stereocenters. The van der Waals surface area contributed by atoms with Crippen LogP contribution in [-0.4, -0.2) is 34.8 Å². The average molecular weight is 449 g/mol. The lowest BCUT2D eigenvalue weighted by atomic mass is 9.93. The van der Waals surface area contributed by atoms with E-state index in [0.29, 0.717) is 21.8 Å². The summed E-state index contributed by atoms with van der Waals surface area (Å²) in [6.45, 7) is 0.144. The second kappa shape index (κ2) is 7.65. The number of nitrogens with one attached hydrogen (secondary N) is 1. The van der Waals surface area contributed by atoms with E-state index in [1.807, 2.05) is 24.3 Å². The molecule has 0 saturated heterocycles. The van der Waals surface area contributed by atoms with Crippen LogP contribution in [0, 0.1) is 0 Å². The Morgan fingerprint density at radius 3 is 2.59 bits per heavy atom. The number of carbonyl (C=O) groups excluding carboxylic acids is 1. The number of benzene rings is 2. The van der Waals surface area contributed by atoms with Crippen LogP contribution >= 0.6 is 11.6 Å². The SMILES string of the molecule is COc1ncccc1C(O)=C1C(=O)Nc2cc(Cl)c(-c3ccc(C4(CO)CC4)cc3)cc21. The van der Waals surface area contributed by atoms with Gasteiger partial charge in [0.05, 0.1) is 35.6 Å². The predicted octanol–water partition coefficient (Wildman–Crippen LogP) is 4.81. The maximum absolute atomic E-state index is 12.7. The fraction of sp³-hybridized carbons (Fsp3) is 0.200. The van der Waals surface area contributed by atoms with Crippen LogP contribution in [0.25, 0.3) is 22.5 Å². The van der Waals surface area contributed by atoms with E-state index in [9.17, 15) is 15.0 Å². The molecule has 0 bridgehead atoms. The summed E-state index contributed by atoms with van der Waals surface area (Å²) in [7, 11) is 1.45. The summed E-state index contributed by atoms with van der Waals surface area (Å²) in [5, 5.41) is 23.9. The highest BCUT2D eigenvalue weighted by Gasteiger charge is 2.43. The number of ether oxygens (including phenoxy) is 1. The van der Waals surface area contributed by atoms with Gasteiger partial charge in [0, 0.05) is 22.7 Å². The van der Waals surface area contributed by atoms with E-state index in [-0.39, 0.29) is 29.2 Å². The zero-order valence-electron chi connectivity index (χ0n) is 17.4. The first-order valence-corrected chi connectivity index (χ1v) is 10.6. The minimum absolute atomic E-state index is 0.110. The van der Waals surface area contributed by atoms with Crippen molar-refractivity contribution in [1.82, 2.24) is 4.98 Å². The van der Waals surface area contributed by atoms with Crippen LogP contribution in [0.15, 0.2) is 54.7 Å². The number of fused-ring (bicyclic) bond motifs is 1. The van der Waals surface area contributed by atoms with Crippen molar-refractivity contribution in [3.05, 3.63) is 76.4 Å². The summed E-state index contributed by atoms with van der Waals surface area (Å²) in [6, 6.07) is 14.8. The Hall–Kier alpha value is -3.35. The zero-order valence-corrected chi connectivity index (χ0v) is 18.1. The molecule has 0 spiro atoms. The van der Waals surface area contributed by atoms with Gasteiger partial charge < -0.3 is 20.3 Å². The molecule has 1 amide bonds. The van der Waals surface area contributed by atoms with E-state index in [1.165, 1.54) is 7.11 Å². The second-order valence-electron chi connectivity index (χ2n) is 8.13. The number of aliphatic hydroxyl groups excluding tert-OH is 2. The lowest BCUT2D eigenvalue weighted by Gasteiger charge is -2.14. The zero-order chi connectivity index (χ0) is 22.5. The molecule has 5 rings (SSSR count). The maximum atomic E-state index is 12.7. The van der Waals surface area contributed by atoms with Crippen molar-refractivity contribution >= 4 is 34.5 Å². The van der Waals surface area contributed by atoms with Crippen LogP contribution in [-0.2, 0) is 10.2 Å². The fourth-order valence-electron chi connectivity index (χ4n) is 4.21. The highest BCUT2D eigenvalue weighted by atomic mass is 35.5. The largest absolute Gasteiger partial charge is 0.506 e. The molecule has 32 heavy (non-hydrogen) atoms. The van der Waals surface area contributed by atoms with Gasteiger partial charge >= 0.3 is 0 Å². The molecular formula is C25H21ClN2O4. The van der Waals surface area contributed by atoms with Gasteiger partial charge in [0.2, 0.25) is 5.88 Å². The first kappa shape index (κ1) is 20.5. The highest BCUT2D eigenvalue weighted by Crippen LogP contribution is 2.48. The van der Waals surface area contributed by atoms with Crippen LogP contribution in [0.5, 0.6) is 5.88 Å². The van der Waals surface area contributed by atoms with Gasteiger partial charge in [-0.1, -0.05) is 35.9 Å². The number of carbonyl (C=O) groups is 1. The molecule has 1 saturated carbocycles. The molecule has 3 aromatic rings. The number of methoxy groups -OCH3 is 1. The summed E-state index contributed by atoms with van der Waals surface area (Å²) in [4.78, 5) is 16.8. The third-order valence-corrected chi connectivity index (χ3v) is 6.59. The summed E-state index contributed by atoms with van der Waals surface area (Å²) in [5.74, 6) is -0.416. The standard InChI is InChI=1S/C25H21ClN2O4/c1-32-24-16(3-2-10-27-24)22(30)21-18-11-17(19(26)12-20(18)28-23(21)31)14-4-6-15(7-5-14)25(13-29)8-9-25/h2-7,10-12,29-30H,8-9,13H2,1H3,(H,28,31). The van der Waals surface area contributed by atoms with Crippen LogP contribution in [0.3, 0.4) is 0 Å². The van der Waals surface area contributed by atoms with Crippen LogP contribution < -0.4 is 10.1 Å². The molecule has 1 aliphatic heterocycles. The molecule has 7 heteroatoms. The van der Waals surface area contributed by atoms with Gasteiger partial charge in [-0.25, -0.2) is 4.98 Å². The van der Waals surface area contributed by atoms with E-state index in [4.69, 9.17) is 16.3 Å². The Kier molecular flexibility index (Phi) is 4.92. The van der Waals surface area contributed by atoms with Crippen molar-refractivity contribution in [2.24, 2.45) is 0 Å². The number of aromatic nitrogens is 1. The van der Waals surface area contributed by atoms with E-state index in [2.05, 4.69) is 10.3 Å². The van der Waals surface area contributed by atoms with Gasteiger partial charge in [-0.3, -0.25) is 4.79 Å². The summed E-state index contributed by atoms with van der Waals surface area (Å²) < 4.78 is 5.24. The number of amides is 1. The van der Waals surface area contributed by atoms with E-state index in [0.717, 1.165) is 29.5 Å². The number of anilines is 1. The molecule has 1 fully saturated rings. The Balaban J connectivity index is 1.60. The maximum Gasteiger partial charge on any atom is 0.260 e. The molecule has 6 nitrogen and oxygen atoms in total. The smallest absolute Gasteiger partial charge is 0.260 e. The molecule has 162 valence electrons. The van der Waals surface area contributed by atoms with Crippen molar-refractivity contribution in [3.8, 4) is 17.0 Å². The number of rotatable bonds is 5. The molecular weight excluding hydrogens is 428 g/mol. The van der Waals surface area contributed by atoms with Gasteiger partial charge in [0.1, 0.15) is 5.76 Å². The van der Waals surface area contributed by atoms with Gasteiger partial charge in [-0.2, -0.15) is 0 Å². The number of halogens is 1. The van der Waals surface area contributed by atoms with E-state index in [1.54, 1.807) is 30.5 Å². The molecule has 0 radical (unpaired) electrons. The van der Waals surface area contributed by atoms with Crippen molar-refractivity contribution < 1.29 is 19.7 Å². The fourth-order valence-corrected chi connectivity index (χ4v) is 4.48. The lowest BCUT2D eigenvalue weighted by molar-refractivity contribution is -0.110. The van der Waals surface area contributed by atoms with Crippen LogP contribution in [0.4, 0.5) is 5.69 Å². The second-order valence-corrected chi connectivity index (χ2v) is 8.54. The molecule has 1 aliphatic carbocycles. The quantitative estimate of drug-likeness (QED) is 0.384. The number of aliphatic hydroxyl groups is 2.